The Morgan fingerprint density at radius 2 is 1.80 bits per heavy atom. The summed E-state index contributed by atoms with van der Waals surface area (Å²) >= 11 is 0. The molecule has 156 valence electrons. The molecule has 2 atom stereocenters. The van der Waals surface area contributed by atoms with Crippen molar-refractivity contribution in [3.63, 3.8) is 0 Å². The molecule has 2 heterocycles. The van der Waals surface area contributed by atoms with E-state index in [-0.39, 0.29) is 17.9 Å². The van der Waals surface area contributed by atoms with E-state index in [1.165, 1.54) is 0 Å². The van der Waals surface area contributed by atoms with Crippen molar-refractivity contribution in [2.45, 2.75) is 24.9 Å². The molecule has 4 rings (SSSR count). The molecule has 3 aromatic rings. The summed E-state index contributed by atoms with van der Waals surface area (Å²) in [6.45, 7) is 0. The van der Waals surface area contributed by atoms with E-state index in [9.17, 15) is 22.8 Å². The molecule has 0 saturated carbocycles. The van der Waals surface area contributed by atoms with Crippen LogP contribution in [0.5, 0.6) is 0 Å². The Bertz CT molecular complexity index is 1310. The number of aromatic nitrogens is 2. The van der Waals surface area contributed by atoms with E-state index in [1.54, 1.807) is 48.5 Å². The summed E-state index contributed by atoms with van der Waals surface area (Å²) in [5, 5.41) is 3.02. The molecule has 1 aliphatic heterocycles. The van der Waals surface area contributed by atoms with Crippen LogP contribution in [0.2, 0.25) is 0 Å². The lowest BCUT2D eigenvalue weighted by Gasteiger charge is -2.21. The summed E-state index contributed by atoms with van der Waals surface area (Å²) in [5.74, 6) is -0.679. The standard InChI is InChI=1S/C21H21N3O5S/c25-19(22-15-10-11-30(28,29)13-15)18(12-14-6-2-1-3-7-14)24-20(26)16-8-4-5-9-17(16)23-21(24)27/h1-9,15,18H,10-13H2,(H,22,25)(H,23,27)/t15-,18-/m1/s1. The Hall–Kier alpha value is -3.20. The maximum atomic E-state index is 13.1. The van der Waals surface area contributed by atoms with Gasteiger partial charge in [-0.15, -0.1) is 0 Å². The third-order valence-corrected chi connectivity index (χ3v) is 7.07. The van der Waals surface area contributed by atoms with Crippen LogP contribution in [-0.2, 0) is 21.1 Å². The second-order valence-electron chi connectivity index (χ2n) is 7.46. The van der Waals surface area contributed by atoms with Gasteiger partial charge in [-0.1, -0.05) is 42.5 Å². The first kappa shape index (κ1) is 20.1. The van der Waals surface area contributed by atoms with Gasteiger partial charge in [-0.3, -0.25) is 9.59 Å². The van der Waals surface area contributed by atoms with Crippen molar-refractivity contribution in [2.75, 3.05) is 11.5 Å². The van der Waals surface area contributed by atoms with Gasteiger partial charge in [0, 0.05) is 12.5 Å². The SMILES string of the molecule is O=C(N[C@@H]1CCS(=O)(=O)C1)[C@@H](Cc1ccccc1)n1c(=O)[nH]c2ccccc2c1=O. The largest absolute Gasteiger partial charge is 0.350 e. The van der Waals surface area contributed by atoms with Crippen molar-refractivity contribution in [3.8, 4) is 0 Å². The number of hydrogen-bond acceptors (Lipinski definition) is 5. The Balaban J connectivity index is 1.76. The first-order valence-electron chi connectivity index (χ1n) is 9.62. The lowest BCUT2D eigenvalue weighted by atomic mass is 10.0. The normalized spacial score (nSPS) is 18.9. The maximum Gasteiger partial charge on any atom is 0.329 e. The maximum absolute atomic E-state index is 13.1. The zero-order valence-electron chi connectivity index (χ0n) is 16.1. The van der Waals surface area contributed by atoms with Crippen LogP contribution in [0.1, 0.15) is 18.0 Å². The highest BCUT2D eigenvalue weighted by molar-refractivity contribution is 7.91. The third-order valence-electron chi connectivity index (χ3n) is 5.30. The highest BCUT2D eigenvalue weighted by Crippen LogP contribution is 2.16. The molecule has 30 heavy (non-hydrogen) atoms. The van der Waals surface area contributed by atoms with Gasteiger partial charge >= 0.3 is 5.69 Å². The second-order valence-corrected chi connectivity index (χ2v) is 9.69. The number of fused-ring (bicyclic) bond motifs is 1. The monoisotopic (exact) mass is 427 g/mol. The number of carbonyl (C=O) groups excluding carboxylic acids is 1. The van der Waals surface area contributed by atoms with Gasteiger partial charge in [0.15, 0.2) is 9.84 Å². The molecular weight excluding hydrogens is 406 g/mol. The summed E-state index contributed by atoms with van der Waals surface area (Å²) in [6.07, 6.45) is 0.433. The summed E-state index contributed by atoms with van der Waals surface area (Å²) in [6, 6.07) is 14.0. The number of nitrogens with zero attached hydrogens (tertiary/aromatic N) is 1. The number of H-pyrrole nitrogens is 1. The van der Waals surface area contributed by atoms with Crippen molar-refractivity contribution in [3.05, 3.63) is 81.0 Å². The molecular formula is C21H21N3O5S. The molecule has 8 nitrogen and oxygen atoms in total. The third kappa shape index (κ3) is 4.06. The molecule has 1 aromatic heterocycles. The number of rotatable bonds is 5. The van der Waals surface area contributed by atoms with Gasteiger partial charge in [-0.2, -0.15) is 0 Å². The predicted molar refractivity (Wildman–Crippen MR) is 113 cm³/mol. The minimum absolute atomic E-state index is 0.0117. The Morgan fingerprint density at radius 3 is 2.50 bits per heavy atom. The number of benzene rings is 2. The fraction of sp³-hybridized carbons (Fsp3) is 0.286. The summed E-state index contributed by atoms with van der Waals surface area (Å²) in [5.41, 5.74) is -0.0843. The first-order valence-corrected chi connectivity index (χ1v) is 11.4. The van der Waals surface area contributed by atoms with Crippen molar-refractivity contribution in [1.29, 1.82) is 0 Å². The topological polar surface area (TPSA) is 118 Å². The van der Waals surface area contributed by atoms with E-state index in [1.807, 2.05) is 6.07 Å². The van der Waals surface area contributed by atoms with Crippen LogP contribution in [0.3, 0.4) is 0 Å². The Kier molecular flexibility index (Phi) is 5.29. The number of nitrogens with one attached hydrogen (secondary N) is 2. The van der Waals surface area contributed by atoms with Crippen molar-refractivity contribution in [2.24, 2.45) is 0 Å². The predicted octanol–water partition coefficient (Wildman–Crippen LogP) is 0.777. The Morgan fingerprint density at radius 1 is 1.10 bits per heavy atom. The van der Waals surface area contributed by atoms with Gasteiger partial charge in [0.1, 0.15) is 6.04 Å². The van der Waals surface area contributed by atoms with Gasteiger partial charge in [-0.05, 0) is 24.1 Å². The zero-order valence-corrected chi connectivity index (χ0v) is 16.9. The van der Waals surface area contributed by atoms with E-state index in [4.69, 9.17) is 0 Å². The number of carbonyl (C=O) groups is 1. The number of aromatic amines is 1. The average Bonchev–Trinajstić information content (AvgIpc) is 3.06. The Labute approximate surface area is 172 Å². The van der Waals surface area contributed by atoms with Crippen LogP contribution in [0.4, 0.5) is 0 Å². The quantitative estimate of drug-likeness (QED) is 0.624. The lowest BCUT2D eigenvalue weighted by Crippen LogP contribution is -2.48. The minimum Gasteiger partial charge on any atom is -0.350 e. The molecule has 1 amide bonds. The van der Waals surface area contributed by atoms with Crippen molar-refractivity contribution >= 4 is 26.6 Å². The van der Waals surface area contributed by atoms with Gasteiger partial charge in [0.25, 0.3) is 5.56 Å². The molecule has 2 aromatic carbocycles. The second kappa shape index (κ2) is 7.91. The smallest absolute Gasteiger partial charge is 0.329 e. The molecule has 0 bridgehead atoms. The van der Waals surface area contributed by atoms with Crippen LogP contribution >= 0.6 is 0 Å². The number of sulfone groups is 1. The molecule has 0 spiro atoms. The number of amides is 1. The fourth-order valence-electron chi connectivity index (χ4n) is 3.80. The highest BCUT2D eigenvalue weighted by Gasteiger charge is 2.32. The number of hydrogen-bond donors (Lipinski definition) is 2. The molecule has 0 unspecified atom stereocenters. The summed E-state index contributed by atoms with van der Waals surface area (Å²) in [7, 11) is -3.19. The molecule has 2 N–H and O–H groups in total. The molecule has 9 heteroatoms. The molecule has 0 aliphatic carbocycles. The minimum atomic E-state index is -3.19. The van der Waals surface area contributed by atoms with Crippen molar-refractivity contribution in [1.82, 2.24) is 14.9 Å². The summed E-state index contributed by atoms with van der Waals surface area (Å²) < 4.78 is 24.4. The van der Waals surface area contributed by atoms with Gasteiger partial charge in [0.2, 0.25) is 5.91 Å². The number of para-hydroxylation sites is 1. The van der Waals surface area contributed by atoms with Crippen LogP contribution < -0.4 is 16.6 Å². The van der Waals surface area contributed by atoms with Crippen molar-refractivity contribution < 1.29 is 13.2 Å². The van der Waals surface area contributed by atoms with E-state index in [0.717, 1.165) is 10.1 Å². The van der Waals surface area contributed by atoms with Gasteiger partial charge < -0.3 is 10.3 Å². The van der Waals surface area contributed by atoms with Crippen LogP contribution in [-0.4, -0.2) is 41.4 Å². The molecule has 0 radical (unpaired) electrons. The zero-order chi connectivity index (χ0) is 21.3. The van der Waals surface area contributed by atoms with Gasteiger partial charge in [0.05, 0.1) is 22.4 Å². The molecule has 1 saturated heterocycles. The summed E-state index contributed by atoms with van der Waals surface area (Å²) in [4.78, 5) is 41.7. The molecule has 1 aliphatic rings. The highest BCUT2D eigenvalue weighted by atomic mass is 32.2. The van der Waals surface area contributed by atoms with Crippen LogP contribution in [0.25, 0.3) is 10.9 Å². The van der Waals surface area contributed by atoms with E-state index < -0.39 is 39.1 Å². The average molecular weight is 427 g/mol. The fourth-order valence-corrected chi connectivity index (χ4v) is 5.48. The van der Waals surface area contributed by atoms with Crippen LogP contribution in [0, 0.1) is 0 Å². The van der Waals surface area contributed by atoms with E-state index >= 15 is 0 Å². The van der Waals surface area contributed by atoms with Crippen LogP contribution in [0.15, 0.2) is 64.2 Å². The molecule has 1 fully saturated rings. The first-order chi connectivity index (χ1) is 14.3. The lowest BCUT2D eigenvalue weighted by molar-refractivity contribution is -0.125. The van der Waals surface area contributed by atoms with Gasteiger partial charge in [-0.25, -0.2) is 17.8 Å². The van der Waals surface area contributed by atoms with E-state index in [0.29, 0.717) is 17.3 Å². The van der Waals surface area contributed by atoms with E-state index in [2.05, 4.69) is 10.3 Å².